The predicted octanol–water partition coefficient (Wildman–Crippen LogP) is 1.54. The molecule has 20 heavy (non-hydrogen) atoms. The van der Waals surface area contributed by atoms with Gasteiger partial charge in [0.05, 0.1) is 12.7 Å². The Labute approximate surface area is 124 Å². The molecule has 2 rings (SSSR count). The Morgan fingerprint density at radius 3 is 2.75 bits per heavy atom. The van der Waals surface area contributed by atoms with Crippen molar-refractivity contribution in [1.82, 2.24) is 9.80 Å². The predicted molar refractivity (Wildman–Crippen MR) is 83.9 cm³/mol. The second-order valence-corrected chi connectivity index (χ2v) is 6.87. The summed E-state index contributed by atoms with van der Waals surface area (Å²) in [5.41, 5.74) is 5.96. The highest BCUT2D eigenvalue weighted by Crippen LogP contribution is 2.27. The summed E-state index contributed by atoms with van der Waals surface area (Å²) in [6.07, 6.45) is 5.67. The summed E-state index contributed by atoms with van der Waals surface area (Å²) in [5, 5.41) is 0. The number of hydrogen-bond donors (Lipinski definition) is 1. The molecular formula is C16H33N3O. The normalized spacial score (nSPS) is 33.0. The van der Waals surface area contributed by atoms with Crippen LogP contribution >= 0.6 is 0 Å². The molecule has 4 nitrogen and oxygen atoms in total. The van der Waals surface area contributed by atoms with Crippen molar-refractivity contribution in [3.63, 3.8) is 0 Å². The molecule has 0 amide bonds. The summed E-state index contributed by atoms with van der Waals surface area (Å²) >= 11 is 0. The van der Waals surface area contributed by atoms with Crippen molar-refractivity contribution >= 4 is 0 Å². The van der Waals surface area contributed by atoms with E-state index in [9.17, 15) is 0 Å². The van der Waals surface area contributed by atoms with Crippen molar-refractivity contribution in [3.05, 3.63) is 0 Å². The first kappa shape index (κ1) is 16.2. The van der Waals surface area contributed by atoms with Crippen LogP contribution in [0.3, 0.4) is 0 Å². The molecule has 2 aliphatic rings. The molecule has 0 bridgehead atoms. The van der Waals surface area contributed by atoms with Gasteiger partial charge in [0.1, 0.15) is 0 Å². The Balaban J connectivity index is 1.85. The third kappa shape index (κ3) is 4.17. The number of ether oxygens (including phenoxy) is 1. The smallest absolute Gasteiger partial charge is 0.0829 e. The molecular weight excluding hydrogens is 250 g/mol. The maximum absolute atomic E-state index is 5.97. The highest BCUT2D eigenvalue weighted by molar-refractivity contribution is 4.85. The molecule has 0 aromatic heterocycles. The van der Waals surface area contributed by atoms with Crippen LogP contribution in [-0.2, 0) is 4.74 Å². The largest absolute Gasteiger partial charge is 0.374 e. The Bertz CT molecular complexity index is 285. The van der Waals surface area contributed by atoms with Gasteiger partial charge in [0, 0.05) is 31.7 Å². The Morgan fingerprint density at radius 1 is 1.30 bits per heavy atom. The number of rotatable bonds is 5. The second kappa shape index (κ2) is 7.74. The maximum atomic E-state index is 5.97. The number of likely N-dealkylation sites (N-methyl/N-ethyl adjacent to an activating group) is 1. The van der Waals surface area contributed by atoms with E-state index < -0.39 is 0 Å². The SMILES string of the molecule is CC(C)N1CCOC(CN(C)C2CCCCC2CN)C1. The van der Waals surface area contributed by atoms with Crippen LogP contribution in [0.4, 0.5) is 0 Å². The van der Waals surface area contributed by atoms with Crippen molar-refractivity contribution in [2.45, 2.75) is 57.7 Å². The lowest BCUT2D eigenvalue weighted by Gasteiger charge is -2.41. The molecule has 118 valence electrons. The zero-order valence-electron chi connectivity index (χ0n) is 13.6. The number of hydrogen-bond acceptors (Lipinski definition) is 4. The van der Waals surface area contributed by atoms with Crippen molar-refractivity contribution in [1.29, 1.82) is 0 Å². The van der Waals surface area contributed by atoms with E-state index in [4.69, 9.17) is 10.5 Å². The van der Waals surface area contributed by atoms with Crippen molar-refractivity contribution < 1.29 is 4.74 Å². The number of nitrogens with two attached hydrogens (primary N) is 1. The van der Waals surface area contributed by atoms with Crippen LogP contribution in [0.5, 0.6) is 0 Å². The van der Waals surface area contributed by atoms with Gasteiger partial charge in [-0.05, 0) is 46.2 Å². The van der Waals surface area contributed by atoms with Crippen molar-refractivity contribution in [2.75, 3.05) is 39.8 Å². The Morgan fingerprint density at radius 2 is 2.05 bits per heavy atom. The van der Waals surface area contributed by atoms with Gasteiger partial charge >= 0.3 is 0 Å². The molecule has 0 radical (unpaired) electrons. The molecule has 1 saturated carbocycles. The van der Waals surface area contributed by atoms with E-state index in [1.165, 1.54) is 25.7 Å². The molecule has 1 aliphatic carbocycles. The van der Waals surface area contributed by atoms with Gasteiger partial charge in [-0.1, -0.05) is 12.8 Å². The minimum Gasteiger partial charge on any atom is -0.374 e. The lowest BCUT2D eigenvalue weighted by molar-refractivity contribution is -0.0578. The summed E-state index contributed by atoms with van der Waals surface area (Å²) in [6, 6.07) is 1.28. The average molecular weight is 283 g/mol. The fraction of sp³-hybridized carbons (Fsp3) is 1.00. The molecule has 0 aromatic rings. The molecule has 1 aliphatic heterocycles. The quantitative estimate of drug-likeness (QED) is 0.831. The average Bonchev–Trinajstić information content (AvgIpc) is 2.47. The van der Waals surface area contributed by atoms with Gasteiger partial charge in [-0.25, -0.2) is 0 Å². The van der Waals surface area contributed by atoms with E-state index in [1.54, 1.807) is 0 Å². The van der Waals surface area contributed by atoms with Crippen molar-refractivity contribution in [2.24, 2.45) is 11.7 Å². The first-order chi connectivity index (χ1) is 9.61. The first-order valence-electron chi connectivity index (χ1n) is 8.37. The van der Waals surface area contributed by atoms with E-state index >= 15 is 0 Å². The lowest BCUT2D eigenvalue weighted by atomic mass is 9.83. The number of nitrogens with zero attached hydrogens (tertiary/aromatic N) is 2. The fourth-order valence-corrected chi connectivity index (χ4v) is 3.82. The van der Waals surface area contributed by atoms with Gasteiger partial charge in [-0.2, -0.15) is 0 Å². The van der Waals surface area contributed by atoms with E-state index in [0.717, 1.165) is 32.8 Å². The summed E-state index contributed by atoms with van der Waals surface area (Å²) < 4.78 is 5.97. The fourth-order valence-electron chi connectivity index (χ4n) is 3.82. The van der Waals surface area contributed by atoms with E-state index in [2.05, 4.69) is 30.7 Å². The van der Waals surface area contributed by atoms with Gasteiger partial charge in [0.15, 0.2) is 0 Å². The third-order valence-electron chi connectivity index (χ3n) is 5.13. The first-order valence-corrected chi connectivity index (χ1v) is 8.37. The van der Waals surface area contributed by atoms with Crippen LogP contribution in [-0.4, -0.2) is 67.8 Å². The molecule has 0 aromatic carbocycles. The summed E-state index contributed by atoms with van der Waals surface area (Å²) in [4.78, 5) is 5.05. The van der Waals surface area contributed by atoms with Gasteiger partial charge < -0.3 is 15.4 Å². The van der Waals surface area contributed by atoms with E-state index in [-0.39, 0.29) is 0 Å². The molecule has 1 heterocycles. The van der Waals surface area contributed by atoms with Gasteiger partial charge in [0.25, 0.3) is 0 Å². The van der Waals surface area contributed by atoms with Crippen LogP contribution in [0.2, 0.25) is 0 Å². The second-order valence-electron chi connectivity index (χ2n) is 6.87. The molecule has 3 atom stereocenters. The van der Waals surface area contributed by atoms with E-state index in [1.807, 2.05) is 0 Å². The highest BCUT2D eigenvalue weighted by Gasteiger charge is 2.30. The topological polar surface area (TPSA) is 41.7 Å². The zero-order valence-corrected chi connectivity index (χ0v) is 13.6. The monoisotopic (exact) mass is 283 g/mol. The van der Waals surface area contributed by atoms with Gasteiger partial charge in [0.2, 0.25) is 0 Å². The standard InChI is InChI=1S/C16H33N3O/c1-13(2)19-8-9-20-15(12-19)11-18(3)16-7-5-4-6-14(16)10-17/h13-16H,4-12,17H2,1-3H3. The molecule has 4 heteroatoms. The molecule has 3 unspecified atom stereocenters. The van der Waals surface area contributed by atoms with Gasteiger partial charge in [-0.15, -0.1) is 0 Å². The van der Waals surface area contributed by atoms with Crippen LogP contribution in [0, 0.1) is 5.92 Å². The Hall–Kier alpha value is -0.160. The molecule has 2 N–H and O–H groups in total. The third-order valence-corrected chi connectivity index (χ3v) is 5.13. The van der Waals surface area contributed by atoms with Crippen LogP contribution in [0.1, 0.15) is 39.5 Å². The van der Waals surface area contributed by atoms with Crippen LogP contribution < -0.4 is 5.73 Å². The molecule has 0 spiro atoms. The number of morpholine rings is 1. The molecule has 1 saturated heterocycles. The summed E-state index contributed by atoms with van der Waals surface area (Å²) in [5.74, 6) is 0.679. The minimum atomic E-state index is 0.358. The summed E-state index contributed by atoms with van der Waals surface area (Å²) in [7, 11) is 2.26. The minimum absolute atomic E-state index is 0.358. The summed E-state index contributed by atoms with van der Waals surface area (Å²) in [6.45, 7) is 9.45. The lowest BCUT2D eigenvalue weighted by Crippen LogP contribution is -2.52. The van der Waals surface area contributed by atoms with Crippen molar-refractivity contribution in [3.8, 4) is 0 Å². The molecule has 2 fully saturated rings. The maximum Gasteiger partial charge on any atom is 0.0829 e. The Kier molecular flexibility index (Phi) is 6.27. The van der Waals surface area contributed by atoms with Crippen LogP contribution in [0.25, 0.3) is 0 Å². The zero-order chi connectivity index (χ0) is 14.5. The van der Waals surface area contributed by atoms with E-state index in [0.29, 0.717) is 24.1 Å². The van der Waals surface area contributed by atoms with Crippen LogP contribution in [0.15, 0.2) is 0 Å². The van der Waals surface area contributed by atoms with Gasteiger partial charge in [-0.3, -0.25) is 4.90 Å². The highest BCUT2D eigenvalue weighted by atomic mass is 16.5.